The highest BCUT2D eigenvalue weighted by Gasteiger charge is 2.00. The van der Waals surface area contributed by atoms with E-state index in [1.165, 1.54) is 0 Å². The number of methoxy groups -OCH3 is 1. The minimum absolute atomic E-state index is 0.138. The molecule has 1 N–H and O–H groups in total. The van der Waals surface area contributed by atoms with Gasteiger partial charge in [-0.2, -0.15) is 5.10 Å². The zero-order valence-electron chi connectivity index (χ0n) is 11.2. The standard InChI is InChI=1S/C16H16N2O2/c1-20-15-9-7-14(8-10-15)12-17-18-16(19)11-13-5-3-2-4-6-13/h2-10,12H,11H2,1H3,(H,18,19). The molecule has 0 radical (unpaired) electrons. The Labute approximate surface area is 118 Å². The number of hydrazone groups is 1. The van der Waals surface area contributed by atoms with E-state index in [1.807, 2.05) is 54.6 Å². The normalized spacial score (nSPS) is 10.4. The van der Waals surface area contributed by atoms with Gasteiger partial charge in [0.1, 0.15) is 5.75 Å². The molecule has 4 heteroatoms. The summed E-state index contributed by atoms with van der Waals surface area (Å²) < 4.78 is 5.06. The van der Waals surface area contributed by atoms with Gasteiger partial charge in [-0.1, -0.05) is 30.3 Å². The SMILES string of the molecule is COc1ccc(C=NNC(=O)Cc2ccccc2)cc1. The third-order valence-electron chi connectivity index (χ3n) is 2.73. The first kappa shape index (κ1) is 13.8. The van der Waals surface area contributed by atoms with Gasteiger partial charge in [0.2, 0.25) is 5.91 Å². The van der Waals surface area contributed by atoms with Crippen LogP contribution in [0.25, 0.3) is 0 Å². The van der Waals surface area contributed by atoms with Gasteiger partial charge in [0.05, 0.1) is 19.7 Å². The first-order valence-corrected chi connectivity index (χ1v) is 6.28. The van der Waals surface area contributed by atoms with Crippen LogP contribution in [0.4, 0.5) is 0 Å². The molecule has 2 aromatic carbocycles. The van der Waals surface area contributed by atoms with Crippen molar-refractivity contribution in [2.75, 3.05) is 7.11 Å². The Morgan fingerprint density at radius 2 is 1.85 bits per heavy atom. The van der Waals surface area contributed by atoms with Crippen LogP contribution < -0.4 is 10.2 Å². The Morgan fingerprint density at radius 1 is 1.15 bits per heavy atom. The average molecular weight is 268 g/mol. The molecule has 0 aliphatic heterocycles. The third-order valence-corrected chi connectivity index (χ3v) is 2.73. The molecular weight excluding hydrogens is 252 g/mol. The second-order valence-corrected chi connectivity index (χ2v) is 4.23. The molecule has 0 heterocycles. The lowest BCUT2D eigenvalue weighted by molar-refractivity contribution is -0.120. The maximum absolute atomic E-state index is 11.7. The molecule has 0 saturated heterocycles. The van der Waals surface area contributed by atoms with Crippen LogP contribution in [0, 0.1) is 0 Å². The van der Waals surface area contributed by atoms with Gasteiger partial charge in [-0.15, -0.1) is 0 Å². The molecule has 0 unspecified atom stereocenters. The summed E-state index contributed by atoms with van der Waals surface area (Å²) in [6.07, 6.45) is 1.92. The monoisotopic (exact) mass is 268 g/mol. The van der Waals surface area contributed by atoms with Crippen molar-refractivity contribution in [2.24, 2.45) is 5.10 Å². The Balaban J connectivity index is 1.84. The van der Waals surface area contributed by atoms with Gasteiger partial charge in [0, 0.05) is 0 Å². The molecule has 0 aromatic heterocycles. The van der Waals surface area contributed by atoms with E-state index in [4.69, 9.17) is 4.74 Å². The molecule has 0 saturated carbocycles. The lowest BCUT2D eigenvalue weighted by Crippen LogP contribution is -2.19. The van der Waals surface area contributed by atoms with Crippen molar-refractivity contribution in [3.63, 3.8) is 0 Å². The molecule has 2 aromatic rings. The van der Waals surface area contributed by atoms with Crippen molar-refractivity contribution in [1.82, 2.24) is 5.43 Å². The first-order chi connectivity index (χ1) is 9.78. The Hall–Kier alpha value is -2.62. The minimum Gasteiger partial charge on any atom is -0.497 e. The van der Waals surface area contributed by atoms with Crippen LogP contribution in [-0.4, -0.2) is 19.2 Å². The molecular formula is C16H16N2O2. The van der Waals surface area contributed by atoms with E-state index in [0.29, 0.717) is 6.42 Å². The predicted octanol–water partition coefficient (Wildman–Crippen LogP) is 2.39. The molecule has 20 heavy (non-hydrogen) atoms. The molecule has 0 bridgehead atoms. The summed E-state index contributed by atoms with van der Waals surface area (Å²) >= 11 is 0. The van der Waals surface area contributed by atoms with Gasteiger partial charge >= 0.3 is 0 Å². The van der Waals surface area contributed by atoms with E-state index in [0.717, 1.165) is 16.9 Å². The second-order valence-electron chi connectivity index (χ2n) is 4.23. The summed E-state index contributed by atoms with van der Waals surface area (Å²) in [4.78, 5) is 11.7. The van der Waals surface area contributed by atoms with Crippen molar-refractivity contribution in [3.8, 4) is 5.75 Å². The summed E-state index contributed by atoms with van der Waals surface area (Å²) in [5.74, 6) is 0.649. The zero-order chi connectivity index (χ0) is 14.2. The van der Waals surface area contributed by atoms with Crippen molar-refractivity contribution < 1.29 is 9.53 Å². The predicted molar refractivity (Wildman–Crippen MR) is 78.9 cm³/mol. The molecule has 0 spiro atoms. The van der Waals surface area contributed by atoms with Gasteiger partial charge in [-0.3, -0.25) is 4.79 Å². The summed E-state index contributed by atoms with van der Waals surface area (Å²) in [6.45, 7) is 0. The van der Waals surface area contributed by atoms with Crippen LogP contribution in [0.1, 0.15) is 11.1 Å². The van der Waals surface area contributed by atoms with Crippen LogP contribution in [-0.2, 0) is 11.2 Å². The number of benzene rings is 2. The van der Waals surface area contributed by atoms with Crippen molar-refractivity contribution in [2.45, 2.75) is 6.42 Å². The highest BCUT2D eigenvalue weighted by Crippen LogP contribution is 2.09. The Morgan fingerprint density at radius 3 is 2.50 bits per heavy atom. The maximum Gasteiger partial charge on any atom is 0.244 e. The van der Waals surface area contributed by atoms with Gasteiger partial charge in [0.25, 0.3) is 0 Å². The lowest BCUT2D eigenvalue weighted by atomic mass is 10.1. The van der Waals surface area contributed by atoms with Crippen molar-refractivity contribution in [1.29, 1.82) is 0 Å². The molecule has 0 fully saturated rings. The molecule has 0 atom stereocenters. The number of hydrogen-bond acceptors (Lipinski definition) is 3. The molecule has 1 amide bonds. The summed E-state index contributed by atoms with van der Waals surface area (Å²) in [6, 6.07) is 17.0. The number of amides is 1. The smallest absolute Gasteiger partial charge is 0.244 e. The zero-order valence-corrected chi connectivity index (χ0v) is 11.2. The molecule has 4 nitrogen and oxygen atoms in total. The van der Waals surface area contributed by atoms with Gasteiger partial charge < -0.3 is 4.74 Å². The van der Waals surface area contributed by atoms with Gasteiger partial charge in [0.15, 0.2) is 0 Å². The van der Waals surface area contributed by atoms with Gasteiger partial charge in [-0.05, 0) is 35.4 Å². The van der Waals surface area contributed by atoms with E-state index in [9.17, 15) is 4.79 Å². The number of carbonyl (C=O) groups excluding carboxylic acids is 1. The topological polar surface area (TPSA) is 50.7 Å². The third kappa shape index (κ3) is 4.24. The fourth-order valence-electron chi connectivity index (χ4n) is 1.69. The number of hydrogen-bond donors (Lipinski definition) is 1. The minimum atomic E-state index is -0.138. The molecule has 2 rings (SSSR count). The number of ether oxygens (including phenoxy) is 1. The highest BCUT2D eigenvalue weighted by molar-refractivity contribution is 5.83. The molecule has 0 aliphatic rings. The first-order valence-electron chi connectivity index (χ1n) is 6.28. The fraction of sp³-hybridized carbons (Fsp3) is 0.125. The quantitative estimate of drug-likeness (QED) is 0.668. The van der Waals surface area contributed by atoms with Crippen LogP contribution >= 0.6 is 0 Å². The van der Waals surface area contributed by atoms with Crippen LogP contribution in [0.5, 0.6) is 5.75 Å². The number of carbonyl (C=O) groups is 1. The maximum atomic E-state index is 11.7. The number of rotatable bonds is 5. The number of nitrogens with zero attached hydrogens (tertiary/aromatic N) is 1. The average Bonchev–Trinajstić information content (AvgIpc) is 2.49. The summed E-state index contributed by atoms with van der Waals surface area (Å²) in [5.41, 5.74) is 4.36. The molecule has 0 aliphatic carbocycles. The summed E-state index contributed by atoms with van der Waals surface area (Å²) in [7, 11) is 1.62. The second kappa shape index (κ2) is 7.09. The van der Waals surface area contributed by atoms with Crippen molar-refractivity contribution >= 4 is 12.1 Å². The molecule has 102 valence electrons. The summed E-state index contributed by atoms with van der Waals surface area (Å²) in [5, 5.41) is 3.93. The van der Waals surface area contributed by atoms with E-state index in [-0.39, 0.29) is 5.91 Å². The van der Waals surface area contributed by atoms with Gasteiger partial charge in [-0.25, -0.2) is 5.43 Å². The Kier molecular flexibility index (Phi) is 4.89. The number of nitrogens with one attached hydrogen (secondary N) is 1. The largest absolute Gasteiger partial charge is 0.497 e. The van der Waals surface area contributed by atoms with E-state index in [2.05, 4.69) is 10.5 Å². The lowest BCUT2D eigenvalue weighted by Gasteiger charge is -2.00. The van der Waals surface area contributed by atoms with Crippen molar-refractivity contribution in [3.05, 3.63) is 65.7 Å². The highest BCUT2D eigenvalue weighted by atomic mass is 16.5. The van der Waals surface area contributed by atoms with Crippen LogP contribution in [0.3, 0.4) is 0 Å². The van der Waals surface area contributed by atoms with Crippen LogP contribution in [0.15, 0.2) is 59.7 Å². The van der Waals surface area contributed by atoms with E-state index >= 15 is 0 Å². The van der Waals surface area contributed by atoms with Crippen LogP contribution in [0.2, 0.25) is 0 Å². The Bertz CT molecular complexity index is 577. The fourth-order valence-corrected chi connectivity index (χ4v) is 1.69. The van der Waals surface area contributed by atoms with E-state index < -0.39 is 0 Å². The van der Waals surface area contributed by atoms with E-state index in [1.54, 1.807) is 13.3 Å².